The Morgan fingerprint density at radius 3 is 2.56 bits per heavy atom. The van der Waals surface area contributed by atoms with E-state index < -0.39 is 0 Å². The fourth-order valence-electron chi connectivity index (χ4n) is 1.58. The molecule has 2 nitrogen and oxygen atoms in total. The van der Waals surface area contributed by atoms with E-state index in [1.165, 1.54) is 0 Å². The molecule has 16 heavy (non-hydrogen) atoms. The van der Waals surface area contributed by atoms with Gasteiger partial charge in [-0.1, -0.05) is 29.3 Å². The Kier molecular flexibility index (Phi) is 6.50. The molecule has 90 valence electrons. The molecule has 0 amide bonds. The fraction of sp³-hybridized carbons (Fsp3) is 0.538. The van der Waals surface area contributed by atoms with Crippen molar-refractivity contribution in [3.63, 3.8) is 0 Å². The van der Waals surface area contributed by atoms with Crippen LogP contribution in [0.4, 0.5) is 0 Å². The zero-order chi connectivity index (χ0) is 11.8. The molecule has 1 atom stereocenters. The lowest BCUT2D eigenvalue weighted by atomic mass is 10.1. The highest BCUT2D eigenvalue weighted by Gasteiger charge is 2.00. The molecule has 1 aromatic carbocycles. The van der Waals surface area contributed by atoms with Gasteiger partial charge in [0.2, 0.25) is 0 Å². The largest absolute Gasteiger partial charge is 0.494 e. The van der Waals surface area contributed by atoms with E-state index in [4.69, 9.17) is 10.5 Å². The summed E-state index contributed by atoms with van der Waals surface area (Å²) in [5.41, 5.74) is 5.92. The predicted octanol–water partition coefficient (Wildman–Crippen LogP) is 3.74. The van der Waals surface area contributed by atoms with Gasteiger partial charge in [0.25, 0.3) is 0 Å². The first-order valence-electron chi connectivity index (χ1n) is 5.86. The van der Waals surface area contributed by atoms with Gasteiger partial charge in [0, 0.05) is 10.5 Å². The standard InChI is InChI=1S/C13H20BrNO/c1-2-4-12(15)5-3-10-16-13-8-6-11(14)7-9-13/h6-9,12H,2-5,10,15H2,1H3. The van der Waals surface area contributed by atoms with Gasteiger partial charge >= 0.3 is 0 Å². The second-order valence-electron chi connectivity index (χ2n) is 3.99. The minimum atomic E-state index is 0.332. The molecule has 1 rings (SSSR count). The number of benzene rings is 1. The smallest absolute Gasteiger partial charge is 0.119 e. The Morgan fingerprint density at radius 1 is 1.25 bits per heavy atom. The third kappa shape index (κ3) is 5.52. The number of halogens is 1. The van der Waals surface area contributed by atoms with Crippen molar-refractivity contribution in [3.05, 3.63) is 28.7 Å². The predicted molar refractivity (Wildman–Crippen MR) is 71.8 cm³/mol. The summed E-state index contributed by atoms with van der Waals surface area (Å²) >= 11 is 3.39. The second-order valence-corrected chi connectivity index (χ2v) is 4.91. The summed E-state index contributed by atoms with van der Waals surface area (Å²) in [4.78, 5) is 0. The van der Waals surface area contributed by atoms with Gasteiger partial charge in [-0.2, -0.15) is 0 Å². The lowest BCUT2D eigenvalue weighted by Gasteiger charge is -2.10. The molecule has 0 heterocycles. The summed E-state index contributed by atoms with van der Waals surface area (Å²) in [6, 6.07) is 8.24. The highest BCUT2D eigenvalue weighted by atomic mass is 79.9. The third-order valence-corrected chi connectivity index (χ3v) is 2.99. The Labute approximate surface area is 106 Å². The van der Waals surface area contributed by atoms with Crippen molar-refractivity contribution in [2.45, 2.75) is 38.6 Å². The fourth-order valence-corrected chi connectivity index (χ4v) is 1.85. The molecule has 0 aliphatic heterocycles. The number of hydrogen-bond donors (Lipinski definition) is 1. The SMILES string of the molecule is CCCC(N)CCCOc1ccc(Br)cc1. The number of rotatable bonds is 7. The Morgan fingerprint density at radius 2 is 1.94 bits per heavy atom. The van der Waals surface area contributed by atoms with E-state index in [-0.39, 0.29) is 0 Å². The molecule has 1 unspecified atom stereocenters. The van der Waals surface area contributed by atoms with Gasteiger partial charge in [-0.15, -0.1) is 0 Å². The zero-order valence-corrected chi connectivity index (χ0v) is 11.4. The maximum atomic E-state index is 5.92. The van der Waals surface area contributed by atoms with Gasteiger partial charge in [0.05, 0.1) is 6.61 Å². The zero-order valence-electron chi connectivity index (χ0n) is 9.79. The third-order valence-electron chi connectivity index (χ3n) is 2.46. The summed E-state index contributed by atoms with van der Waals surface area (Å²) in [6.07, 6.45) is 4.34. The molecule has 0 fully saturated rings. The van der Waals surface area contributed by atoms with Crippen LogP contribution >= 0.6 is 15.9 Å². The van der Waals surface area contributed by atoms with Crippen molar-refractivity contribution in [2.24, 2.45) is 5.73 Å². The molecule has 0 bridgehead atoms. The number of hydrogen-bond acceptors (Lipinski definition) is 2. The van der Waals surface area contributed by atoms with Crippen LogP contribution in [-0.4, -0.2) is 12.6 Å². The van der Waals surface area contributed by atoms with Crippen LogP contribution in [0, 0.1) is 0 Å². The van der Waals surface area contributed by atoms with Crippen LogP contribution < -0.4 is 10.5 Å². The topological polar surface area (TPSA) is 35.2 Å². The van der Waals surface area contributed by atoms with Gasteiger partial charge in [-0.3, -0.25) is 0 Å². The second kappa shape index (κ2) is 7.69. The van der Waals surface area contributed by atoms with Crippen molar-refractivity contribution >= 4 is 15.9 Å². The van der Waals surface area contributed by atoms with E-state index >= 15 is 0 Å². The van der Waals surface area contributed by atoms with Crippen LogP contribution in [0.1, 0.15) is 32.6 Å². The molecule has 2 N–H and O–H groups in total. The van der Waals surface area contributed by atoms with Crippen LogP contribution in [0.2, 0.25) is 0 Å². The molecule has 1 aromatic rings. The monoisotopic (exact) mass is 285 g/mol. The van der Waals surface area contributed by atoms with Gasteiger partial charge in [0.1, 0.15) is 5.75 Å². The summed E-state index contributed by atoms with van der Waals surface area (Å²) < 4.78 is 6.69. The van der Waals surface area contributed by atoms with Gasteiger partial charge in [-0.05, 0) is 43.5 Å². The molecule has 0 aliphatic rings. The molecule has 0 saturated heterocycles. The van der Waals surface area contributed by atoms with E-state index in [1.54, 1.807) is 0 Å². The van der Waals surface area contributed by atoms with Crippen LogP contribution in [0.5, 0.6) is 5.75 Å². The highest BCUT2D eigenvalue weighted by Crippen LogP contribution is 2.16. The number of ether oxygens (including phenoxy) is 1. The summed E-state index contributed by atoms with van der Waals surface area (Å²) in [7, 11) is 0. The van der Waals surface area contributed by atoms with E-state index in [9.17, 15) is 0 Å². The van der Waals surface area contributed by atoms with Gasteiger partial charge in [0.15, 0.2) is 0 Å². The van der Waals surface area contributed by atoms with Crippen molar-refractivity contribution in [1.29, 1.82) is 0 Å². The van der Waals surface area contributed by atoms with Crippen molar-refractivity contribution < 1.29 is 4.74 Å². The quantitative estimate of drug-likeness (QED) is 0.775. The van der Waals surface area contributed by atoms with Crippen LogP contribution in [0.15, 0.2) is 28.7 Å². The van der Waals surface area contributed by atoms with E-state index in [2.05, 4.69) is 22.9 Å². The van der Waals surface area contributed by atoms with Crippen LogP contribution in [0.25, 0.3) is 0 Å². The maximum Gasteiger partial charge on any atom is 0.119 e. The first-order valence-corrected chi connectivity index (χ1v) is 6.65. The van der Waals surface area contributed by atoms with Crippen molar-refractivity contribution in [2.75, 3.05) is 6.61 Å². The van der Waals surface area contributed by atoms with Gasteiger partial charge in [-0.25, -0.2) is 0 Å². The van der Waals surface area contributed by atoms with Crippen molar-refractivity contribution in [1.82, 2.24) is 0 Å². The number of nitrogens with two attached hydrogens (primary N) is 1. The summed E-state index contributed by atoms with van der Waals surface area (Å²) in [5.74, 6) is 0.923. The Hall–Kier alpha value is -0.540. The average Bonchev–Trinajstić information content (AvgIpc) is 2.27. The molecule has 0 aromatic heterocycles. The summed E-state index contributed by atoms with van der Waals surface area (Å²) in [5, 5.41) is 0. The minimum Gasteiger partial charge on any atom is -0.494 e. The average molecular weight is 286 g/mol. The minimum absolute atomic E-state index is 0.332. The Balaban J connectivity index is 2.13. The lowest BCUT2D eigenvalue weighted by molar-refractivity contribution is 0.300. The van der Waals surface area contributed by atoms with E-state index in [1.807, 2.05) is 24.3 Å². The van der Waals surface area contributed by atoms with Crippen LogP contribution in [-0.2, 0) is 0 Å². The molecule has 0 radical (unpaired) electrons. The molecule has 0 aliphatic carbocycles. The first-order chi connectivity index (χ1) is 7.72. The first kappa shape index (κ1) is 13.5. The van der Waals surface area contributed by atoms with Gasteiger partial charge < -0.3 is 10.5 Å². The maximum absolute atomic E-state index is 5.92. The molecular weight excluding hydrogens is 266 g/mol. The summed E-state index contributed by atoms with van der Waals surface area (Å²) in [6.45, 7) is 2.91. The highest BCUT2D eigenvalue weighted by molar-refractivity contribution is 9.10. The lowest BCUT2D eigenvalue weighted by Crippen LogP contribution is -2.20. The molecular formula is C13H20BrNO. The normalized spacial score (nSPS) is 12.4. The van der Waals surface area contributed by atoms with E-state index in [0.29, 0.717) is 6.04 Å². The molecule has 0 spiro atoms. The van der Waals surface area contributed by atoms with Crippen LogP contribution in [0.3, 0.4) is 0 Å². The molecule has 0 saturated carbocycles. The Bertz CT molecular complexity index is 286. The van der Waals surface area contributed by atoms with Crippen molar-refractivity contribution in [3.8, 4) is 5.75 Å². The molecule has 3 heteroatoms. The van der Waals surface area contributed by atoms with E-state index in [0.717, 1.165) is 42.5 Å².